The molecule has 6 nitrogen and oxygen atoms in total. The molecular weight excluding hydrogens is 398 g/mol. The van der Waals surface area contributed by atoms with Gasteiger partial charge in [-0.2, -0.15) is 0 Å². The molecule has 1 aromatic heterocycles. The molecule has 30 heavy (non-hydrogen) atoms. The maximum absolute atomic E-state index is 13.4. The number of morpholine rings is 1. The summed E-state index contributed by atoms with van der Waals surface area (Å²) >= 11 is 1.61. The van der Waals surface area contributed by atoms with Crippen LogP contribution in [0.1, 0.15) is 41.4 Å². The molecule has 1 aromatic carbocycles. The molecule has 2 aliphatic rings. The third-order valence-corrected chi connectivity index (χ3v) is 7.46. The SMILES string of the molecule is CCN(CC)C(=O)CN1CC[C@@H](c2c(C(=O)N3CCOCC3)sc3ccccc23)C1. The van der Waals surface area contributed by atoms with Crippen LogP contribution in [0.3, 0.4) is 0 Å². The Balaban J connectivity index is 1.57. The van der Waals surface area contributed by atoms with Gasteiger partial charge in [0.2, 0.25) is 5.91 Å². The van der Waals surface area contributed by atoms with Crippen molar-refractivity contribution in [3.8, 4) is 0 Å². The Morgan fingerprint density at radius 1 is 1.13 bits per heavy atom. The summed E-state index contributed by atoms with van der Waals surface area (Å²) in [6, 6.07) is 8.34. The predicted octanol–water partition coefficient (Wildman–Crippen LogP) is 3.03. The lowest BCUT2D eigenvalue weighted by Crippen LogP contribution is -2.41. The molecule has 0 N–H and O–H groups in total. The second kappa shape index (κ2) is 9.45. The van der Waals surface area contributed by atoms with Gasteiger partial charge in [0.25, 0.3) is 5.91 Å². The fraction of sp³-hybridized carbons (Fsp3) is 0.565. The maximum Gasteiger partial charge on any atom is 0.264 e. The zero-order valence-corrected chi connectivity index (χ0v) is 18.7. The molecule has 0 radical (unpaired) electrons. The minimum atomic E-state index is 0.132. The number of likely N-dealkylation sites (tertiary alicyclic amines) is 1. The van der Waals surface area contributed by atoms with Crippen molar-refractivity contribution < 1.29 is 14.3 Å². The van der Waals surface area contributed by atoms with Crippen LogP contribution < -0.4 is 0 Å². The zero-order chi connectivity index (χ0) is 21.1. The average Bonchev–Trinajstić information content (AvgIpc) is 3.38. The molecule has 3 heterocycles. The standard InChI is InChI=1S/C23H31N3O3S/c1-3-25(4-2)20(27)16-24-10-9-17(15-24)21-18-7-5-6-8-19(18)30-22(21)23(28)26-11-13-29-14-12-26/h5-8,17H,3-4,9-16H2,1-2H3/t17-/m1/s1. The molecule has 0 bridgehead atoms. The van der Waals surface area contributed by atoms with E-state index < -0.39 is 0 Å². The summed E-state index contributed by atoms with van der Waals surface area (Å²) in [5.74, 6) is 0.609. The van der Waals surface area contributed by atoms with Crippen LogP contribution in [-0.4, -0.2) is 85.5 Å². The Labute approximate surface area is 182 Å². The molecule has 2 fully saturated rings. The normalized spacial score (nSPS) is 20.1. The lowest BCUT2D eigenvalue weighted by Gasteiger charge is -2.27. The monoisotopic (exact) mass is 429 g/mol. The smallest absolute Gasteiger partial charge is 0.264 e. The Hall–Kier alpha value is -1.96. The number of carbonyl (C=O) groups is 2. The molecule has 7 heteroatoms. The van der Waals surface area contributed by atoms with Gasteiger partial charge in [-0.1, -0.05) is 18.2 Å². The number of nitrogens with zero attached hydrogens (tertiary/aromatic N) is 3. The van der Waals surface area contributed by atoms with Crippen LogP contribution in [0, 0.1) is 0 Å². The average molecular weight is 430 g/mol. The van der Waals surface area contributed by atoms with Crippen LogP contribution in [0.15, 0.2) is 24.3 Å². The van der Waals surface area contributed by atoms with Gasteiger partial charge in [-0.05, 0) is 43.8 Å². The summed E-state index contributed by atoms with van der Waals surface area (Å²) in [6.07, 6.45) is 0.982. The van der Waals surface area contributed by atoms with Gasteiger partial charge in [-0.15, -0.1) is 11.3 Å². The van der Waals surface area contributed by atoms with Crippen LogP contribution in [0.2, 0.25) is 0 Å². The van der Waals surface area contributed by atoms with E-state index in [1.54, 1.807) is 11.3 Å². The second-order valence-electron chi connectivity index (χ2n) is 8.03. The van der Waals surface area contributed by atoms with Crippen molar-refractivity contribution in [1.29, 1.82) is 0 Å². The van der Waals surface area contributed by atoms with E-state index in [-0.39, 0.29) is 17.7 Å². The molecule has 0 unspecified atom stereocenters. The number of ether oxygens (including phenoxy) is 1. The highest BCUT2D eigenvalue weighted by Gasteiger charge is 2.33. The van der Waals surface area contributed by atoms with E-state index >= 15 is 0 Å². The topological polar surface area (TPSA) is 53.1 Å². The van der Waals surface area contributed by atoms with Crippen molar-refractivity contribution in [2.45, 2.75) is 26.2 Å². The summed E-state index contributed by atoms with van der Waals surface area (Å²) in [6.45, 7) is 10.3. The number of thiophene rings is 1. The van der Waals surface area contributed by atoms with E-state index in [9.17, 15) is 9.59 Å². The van der Waals surface area contributed by atoms with Gasteiger partial charge in [-0.25, -0.2) is 0 Å². The van der Waals surface area contributed by atoms with Gasteiger partial charge < -0.3 is 14.5 Å². The summed E-state index contributed by atoms with van der Waals surface area (Å²) < 4.78 is 6.60. The van der Waals surface area contributed by atoms with Crippen molar-refractivity contribution in [1.82, 2.24) is 14.7 Å². The number of likely N-dealkylation sites (N-methyl/N-ethyl adjacent to an activating group) is 1. The Morgan fingerprint density at radius 3 is 2.60 bits per heavy atom. The van der Waals surface area contributed by atoms with E-state index in [2.05, 4.69) is 23.1 Å². The second-order valence-corrected chi connectivity index (χ2v) is 9.08. The van der Waals surface area contributed by atoms with Gasteiger partial charge >= 0.3 is 0 Å². The van der Waals surface area contributed by atoms with E-state index in [1.807, 2.05) is 29.7 Å². The van der Waals surface area contributed by atoms with Gasteiger partial charge in [0.1, 0.15) is 0 Å². The van der Waals surface area contributed by atoms with E-state index in [0.717, 1.165) is 37.5 Å². The highest BCUT2D eigenvalue weighted by molar-refractivity contribution is 7.21. The molecule has 0 saturated carbocycles. The molecule has 2 aromatic rings. The lowest BCUT2D eigenvalue weighted by molar-refractivity contribution is -0.131. The minimum absolute atomic E-state index is 0.132. The zero-order valence-electron chi connectivity index (χ0n) is 17.9. The van der Waals surface area contributed by atoms with Crippen molar-refractivity contribution in [3.05, 3.63) is 34.7 Å². The largest absolute Gasteiger partial charge is 0.378 e. The molecule has 2 amide bonds. The molecule has 0 aliphatic carbocycles. The fourth-order valence-electron chi connectivity index (χ4n) is 4.62. The third kappa shape index (κ3) is 4.24. The molecule has 1 atom stereocenters. The number of fused-ring (bicyclic) bond motifs is 1. The van der Waals surface area contributed by atoms with Crippen molar-refractivity contribution >= 4 is 33.2 Å². The quantitative estimate of drug-likeness (QED) is 0.708. The lowest BCUT2D eigenvalue weighted by atomic mass is 9.94. The molecule has 2 aliphatic heterocycles. The molecule has 0 spiro atoms. The van der Waals surface area contributed by atoms with E-state index in [4.69, 9.17) is 4.74 Å². The van der Waals surface area contributed by atoms with Crippen LogP contribution >= 0.6 is 11.3 Å². The van der Waals surface area contributed by atoms with Crippen molar-refractivity contribution in [2.75, 3.05) is 59.0 Å². The first-order valence-electron chi connectivity index (χ1n) is 11.0. The Kier molecular flexibility index (Phi) is 6.71. The number of carbonyl (C=O) groups excluding carboxylic acids is 2. The Bertz CT molecular complexity index is 902. The number of amides is 2. The van der Waals surface area contributed by atoms with Gasteiger partial charge in [0.15, 0.2) is 0 Å². The highest BCUT2D eigenvalue weighted by atomic mass is 32.1. The number of hydrogen-bond acceptors (Lipinski definition) is 5. The number of rotatable bonds is 6. The number of hydrogen-bond donors (Lipinski definition) is 0. The van der Waals surface area contributed by atoms with Gasteiger partial charge in [-0.3, -0.25) is 14.5 Å². The first-order valence-corrected chi connectivity index (χ1v) is 11.8. The Morgan fingerprint density at radius 2 is 1.87 bits per heavy atom. The van der Waals surface area contributed by atoms with Gasteiger partial charge in [0.05, 0.1) is 24.6 Å². The molecule has 4 rings (SSSR count). The van der Waals surface area contributed by atoms with Crippen molar-refractivity contribution in [3.63, 3.8) is 0 Å². The van der Waals surface area contributed by atoms with E-state index in [1.165, 1.54) is 15.6 Å². The summed E-state index contributed by atoms with van der Waals surface area (Å²) in [5.41, 5.74) is 1.19. The highest BCUT2D eigenvalue weighted by Crippen LogP contribution is 2.40. The summed E-state index contributed by atoms with van der Waals surface area (Å²) in [4.78, 5) is 32.9. The maximum atomic E-state index is 13.4. The minimum Gasteiger partial charge on any atom is -0.378 e. The number of benzene rings is 1. The molecular formula is C23H31N3O3S. The summed E-state index contributed by atoms with van der Waals surface area (Å²) in [5, 5.41) is 1.20. The first kappa shape index (κ1) is 21.3. The van der Waals surface area contributed by atoms with Crippen LogP contribution in [0.5, 0.6) is 0 Å². The van der Waals surface area contributed by atoms with Crippen LogP contribution in [0.25, 0.3) is 10.1 Å². The molecule has 162 valence electrons. The predicted molar refractivity (Wildman–Crippen MR) is 120 cm³/mol. The fourth-order valence-corrected chi connectivity index (χ4v) is 5.88. The van der Waals surface area contributed by atoms with Crippen LogP contribution in [-0.2, 0) is 9.53 Å². The summed E-state index contributed by atoms with van der Waals surface area (Å²) in [7, 11) is 0. The molecule has 2 saturated heterocycles. The third-order valence-electron chi connectivity index (χ3n) is 6.28. The van der Waals surface area contributed by atoms with Crippen LogP contribution in [0.4, 0.5) is 0 Å². The van der Waals surface area contributed by atoms with E-state index in [0.29, 0.717) is 32.8 Å². The van der Waals surface area contributed by atoms with Gasteiger partial charge in [0, 0.05) is 43.3 Å². The van der Waals surface area contributed by atoms with Crippen molar-refractivity contribution in [2.24, 2.45) is 0 Å². The first-order chi connectivity index (χ1) is 14.6.